The lowest BCUT2D eigenvalue weighted by Gasteiger charge is -2.28. The number of carbonyl (C=O) groups is 2. The van der Waals surface area contributed by atoms with Crippen molar-refractivity contribution < 1.29 is 19.1 Å². The van der Waals surface area contributed by atoms with Gasteiger partial charge in [-0.1, -0.05) is 6.07 Å². The van der Waals surface area contributed by atoms with E-state index in [9.17, 15) is 9.59 Å². The lowest BCUT2D eigenvalue weighted by atomic mass is 10.2. The molecule has 0 N–H and O–H groups in total. The molecule has 7 nitrogen and oxygen atoms in total. The molecule has 30 heavy (non-hydrogen) atoms. The highest BCUT2D eigenvalue weighted by Crippen LogP contribution is 2.12. The molecule has 0 unspecified atom stereocenters. The number of methoxy groups -OCH3 is 1. The average molecular weight is 436 g/mol. The van der Waals surface area contributed by atoms with Crippen molar-refractivity contribution in [3.63, 3.8) is 0 Å². The van der Waals surface area contributed by atoms with Gasteiger partial charge in [0.2, 0.25) is 11.8 Å². The van der Waals surface area contributed by atoms with Crippen LogP contribution in [0.5, 0.6) is 0 Å². The minimum atomic E-state index is -0.0795. The van der Waals surface area contributed by atoms with Gasteiger partial charge in [-0.3, -0.25) is 9.59 Å². The van der Waals surface area contributed by atoms with Crippen LogP contribution in [-0.4, -0.2) is 72.7 Å². The number of amides is 2. The summed E-state index contributed by atoms with van der Waals surface area (Å²) in [4.78, 5) is 30.5. The maximum Gasteiger partial charge on any atom is 0.242 e. The number of nitrogens with zero attached hydrogens (tertiary/aromatic N) is 3. The van der Waals surface area contributed by atoms with Crippen LogP contribution in [0.4, 0.5) is 0 Å². The Bertz CT molecular complexity index is 760. The van der Waals surface area contributed by atoms with Crippen LogP contribution in [0.3, 0.4) is 0 Å². The lowest BCUT2D eigenvalue weighted by Crippen LogP contribution is -2.44. The van der Waals surface area contributed by atoms with Crippen LogP contribution in [0.1, 0.15) is 23.9 Å². The molecule has 166 valence electrons. The molecule has 0 saturated heterocycles. The molecule has 2 heterocycles. The summed E-state index contributed by atoms with van der Waals surface area (Å²) in [5.41, 5.74) is 1.03. The molecule has 2 amide bonds. The van der Waals surface area contributed by atoms with Crippen molar-refractivity contribution in [2.24, 2.45) is 7.05 Å². The molecule has 0 saturated carbocycles. The topological polar surface area (TPSA) is 64.0 Å². The summed E-state index contributed by atoms with van der Waals surface area (Å²) in [5.74, 6) is -0.114. The van der Waals surface area contributed by atoms with Crippen molar-refractivity contribution in [1.82, 2.24) is 14.4 Å². The van der Waals surface area contributed by atoms with Gasteiger partial charge in [0.05, 0.1) is 26.1 Å². The summed E-state index contributed by atoms with van der Waals surface area (Å²) in [7, 11) is 3.58. The molecule has 0 fully saturated rings. The first-order valence-electron chi connectivity index (χ1n) is 10.3. The van der Waals surface area contributed by atoms with Gasteiger partial charge in [0.25, 0.3) is 0 Å². The standard InChI is InChI=1S/C22H33N3O4S/c1-4-29-13-7-11-24(21(26)16-20-9-6-15-30-20)18-22(27)25(12-14-28-3)17-19-8-5-10-23(19)2/h5-6,8-10,15H,4,7,11-14,16-18H2,1-3H3. The molecule has 2 rings (SSSR count). The van der Waals surface area contributed by atoms with Crippen LogP contribution in [0, 0.1) is 0 Å². The summed E-state index contributed by atoms with van der Waals surface area (Å²) >= 11 is 1.55. The van der Waals surface area contributed by atoms with E-state index in [1.54, 1.807) is 28.2 Å². The van der Waals surface area contributed by atoms with Crippen molar-refractivity contribution in [1.29, 1.82) is 0 Å². The first-order valence-corrected chi connectivity index (χ1v) is 11.2. The van der Waals surface area contributed by atoms with Gasteiger partial charge in [0.1, 0.15) is 0 Å². The molecule has 0 radical (unpaired) electrons. The van der Waals surface area contributed by atoms with Crippen LogP contribution in [0.2, 0.25) is 0 Å². The SMILES string of the molecule is CCOCCCN(CC(=O)N(CCOC)Cc1cccn1C)C(=O)Cc1cccs1. The number of thiophene rings is 1. The van der Waals surface area contributed by atoms with Gasteiger partial charge in [-0.25, -0.2) is 0 Å². The molecule has 8 heteroatoms. The van der Waals surface area contributed by atoms with Crippen LogP contribution >= 0.6 is 11.3 Å². The van der Waals surface area contributed by atoms with E-state index in [4.69, 9.17) is 9.47 Å². The number of carbonyl (C=O) groups excluding carboxylic acids is 2. The molecule has 0 atom stereocenters. The zero-order chi connectivity index (χ0) is 21.8. The highest BCUT2D eigenvalue weighted by atomic mass is 32.1. The van der Waals surface area contributed by atoms with Gasteiger partial charge in [-0.15, -0.1) is 11.3 Å². The van der Waals surface area contributed by atoms with Crippen molar-refractivity contribution in [3.8, 4) is 0 Å². The van der Waals surface area contributed by atoms with E-state index >= 15 is 0 Å². The third-order valence-electron chi connectivity index (χ3n) is 4.83. The van der Waals surface area contributed by atoms with Gasteiger partial charge in [-0.05, 0) is 36.9 Å². The normalized spacial score (nSPS) is 10.9. The monoisotopic (exact) mass is 435 g/mol. The van der Waals surface area contributed by atoms with Gasteiger partial charge in [-0.2, -0.15) is 0 Å². The molecular formula is C22H33N3O4S. The molecular weight excluding hydrogens is 402 g/mol. The van der Waals surface area contributed by atoms with Crippen LogP contribution in [0.25, 0.3) is 0 Å². The molecule has 0 aliphatic rings. The average Bonchev–Trinajstić information content (AvgIpc) is 3.39. The minimum Gasteiger partial charge on any atom is -0.383 e. The molecule has 2 aromatic rings. The molecule has 0 aliphatic heterocycles. The van der Waals surface area contributed by atoms with Gasteiger partial charge >= 0.3 is 0 Å². The second-order valence-corrected chi connectivity index (χ2v) is 8.07. The van der Waals surface area contributed by atoms with E-state index in [2.05, 4.69) is 0 Å². The van der Waals surface area contributed by atoms with Crippen LogP contribution in [0.15, 0.2) is 35.8 Å². The quantitative estimate of drug-likeness (QED) is 0.428. The fourth-order valence-corrected chi connectivity index (χ4v) is 3.78. The zero-order valence-electron chi connectivity index (χ0n) is 18.2. The van der Waals surface area contributed by atoms with Crippen molar-refractivity contribution in [3.05, 3.63) is 46.4 Å². The maximum absolute atomic E-state index is 13.1. The lowest BCUT2D eigenvalue weighted by molar-refractivity contribution is -0.141. The maximum atomic E-state index is 13.1. The fraction of sp³-hybridized carbons (Fsp3) is 0.545. The van der Waals surface area contributed by atoms with E-state index in [-0.39, 0.29) is 18.4 Å². The van der Waals surface area contributed by atoms with Gasteiger partial charge in [0, 0.05) is 57.2 Å². The largest absolute Gasteiger partial charge is 0.383 e. The van der Waals surface area contributed by atoms with E-state index in [1.165, 1.54) is 0 Å². The smallest absolute Gasteiger partial charge is 0.242 e. The van der Waals surface area contributed by atoms with E-state index in [1.807, 2.05) is 54.4 Å². The highest BCUT2D eigenvalue weighted by molar-refractivity contribution is 7.10. The van der Waals surface area contributed by atoms with Gasteiger partial charge < -0.3 is 23.8 Å². The molecule has 0 spiro atoms. The minimum absolute atomic E-state index is 0.0344. The number of rotatable bonds is 14. The van der Waals surface area contributed by atoms with E-state index in [0.717, 1.165) is 10.6 Å². The molecule has 2 aromatic heterocycles. The van der Waals surface area contributed by atoms with Gasteiger partial charge in [0.15, 0.2) is 0 Å². The molecule has 0 aliphatic carbocycles. The summed E-state index contributed by atoms with van der Waals surface area (Å²) in [6.07, 6.45) is 2.97. The Hall–Kier alpha value is -2.16. The second kappa shape index (κ2) is 13.2. The first kappa shape index (κ1) is 24.1. The van der Waals surface area contributed by atoms with Crippen LogP contribution < -0.4 is 0 Å². The summed E-state index contributed by atoms with van der Waals surface area (Å²) in [6.45, 7) is 5.13. The Morgan fingerprint density at radius 3 is 2.57 bits per heavy atom. The number of aryl methyl sites for hydroxylation is 1. The zero-order valence-corrected chi connectivity index (χ0v) is 19.0. The molecule has 0 aromatic carbocycles. The Labute approximate surface area is 183 Å². The van der Waals surface area contributed by atoms with E-state index < -0.39 is 0 Å². The Morgan fingerprint density at radius 2 is 1.93 bits per heavy atom. The second-order valence-electron chi connectivity index (χ2n) is 7.04. The van der Waals surface area contributed by atoms with Crippen molar-refractivity contribution >= 4 is 23.2 Å². The predicted octanol–water partition coefficient (Wildman–Crippen LogP) is 2.56. The fourth-order valence-electron chi connectivity index (χ4n) is 3.08. The number of hydrogen-bond donors (Lipinski definition) is 0. The third-order valence-corrected chi connectivity index (χ3v) is 5.70. The van der Waals surface area contributed by atoms with Crippen molar-refractivity contribution in [2.45, 2.75) is 26.3 Å². The molecule has 0 bridgehead atoms. The Kier molecular flexibility index (Phi) is 10.6. The number of aromatic nitrogens is 1. The van der Waals surface area contributed by atoms with E-state index in [0.29, 0.717) is 52.3 Å². The summed E-state index contributed by atoms with van der Waals surface area (Å²) < 4.78 is 12.6. The summed E-state index contributed by atoms with van der Waals surface area (Å²) in [5, 5.41) is 1.96. The first-order chi connectivity index (χ1) is 14.5. The summed E-state index contributed by atoms with van der Waals surface area (Å²) in [6, 6.07) is 7.83. The third kappa shape index (κ3) is 7.93. The number of ether oxygens (including phenoxy) is 2. The van der Waals surface area contributed by atoms with Crippen LogP contribution in [-0.2, 0) is 39.1 Å². The highest BCUT2D eigenvalue weighted by Gasteiger charge is 2.22. The Balaban J connectivity index is 2.05. The Morgan fingerprint density at radius 1 is 1.10 bits per heavy atom. The number of hydrogen-bond acceptors (Lipinski definition) is 5. The predicted molar refractivity (Wildman–Crippen MR) is 118 cm³/mol. The van der Waals surface area contributed by atoms with Crippen molar-refractivity contribution in [2.75, 3.05) is 46.6 Å².